The highest BCUT2D eigenvalue weighted by atomic mass is 16.6. The van der Waals surface area contributed by atoms with Crippen LogP contribution in [0.4, 0.5) is 5.69 Å². The number of carbonyl (C=O) groups is 1. The van der Waals surface area contributed by atoms with Gasteiger partial charge in [0.15, 0.2) is 5.75 Å². The summed E-state index contributed by atoms with van der Waals surface area (Å²) in [5, 5.41) is 11.0. The zero-order valence-corrected chi connectivity index (χ0v) is 11.4. The molecule has 0 heterocycles. The molecule has 0 bridgehead atoms. The second kappa shape index (κ2) is 5.69. The number of hydrogen-bond acceptors (Lipinski definition) is 5. The molecule has 0 unspecified atom stereocenters. The van der Waals surface area contributed by atoms with Gasteiger partial charge in [-0.2, -0.15) is 0 Å². The molecule has 0 amide bonds. The third-order valence-corrected chi connectivity index (χ3v) is 2.71. The fourth-order valence-electron chi connectivity index (χ4n) is 1.58. The van der Waals surface area contributed by atoms with E-state index in [1.54, 1.807) is 32.9 Å². The van der Waals surface area contributed by atoms with Gasteiger partial charge < -0.3 is 9.47 Å². The second-order valence-corrected chi connectivity index (χ2v) is 4.84. The van der Waals surface area contributed by atoms with Crippen molar-refractivity contribution < 1.29 is 19.2 Å². The van der Waals surface area contributed by atoms with Crippen LogP contribution in [0, 0.1) is 22.5 Å². The number of nitrogens with zero attached hydrogens (tertiary/aromatic N) is 1. The van der Waals surface area contributed by atoms with Crippen molar-refractivity contribution in [1.29, 1.82) is 0 Å². The molecule has 0 saturated carbocycles. The summed E-state index contributed by atoms with van der Waals surface area (Å²) in [4.78, 5) is 22.0. The van der Waals surface area contributed by atoms with Gasteiger partial charge in [-0.1, -0.05) is 12.1 Å². The van der Waals surface area contributed by atoms with Crippen molar-refractivity contribution >= 4 is 11.7 Å². The summed E-state index contributed by atoms with van der Waals surface area (Å²) in [7, 11) is 1.29. The first-order valence-corrected chi connectivity index (χ1v) is 5.75. The molecule has 0 fully saturated rings. The van der Waals surface area contributed by atoms with Crippen molar-refractivity contribution in [3.63, 3.8) is 0 Å². The molecule has 0 radical (unpaired) electrons. The number of rotatable bonds is 5. The largest absolute Gasteiger partial charge is 0.486 e. The zero-order chi connectivity index (χ0) is 14.6. The summed E-state index contributed by atoms with van der Waals surface area (Å²) in [6.45, 7) is 4.95. The van der Waals surface area contributed by atoms with Gasteiger partial charge in [0.1, 0.15) is 6.61 Å². The molecule has 0 aromatic heterocycles. The van der Waals surface area contributed by atoms with E-state index in [1.807, 2.05) is 0 Å². The van der Waals surface area contributed by atoms with E-state index in [-0.39, 0.29) is 18.0 Å². The lowest BCUT2D eigenvalue weighted by molar-refractivity contribution is -0.386. The van der Waals surface area contributed by atoms with Crippen molar-refractivity contribution in [3.05, 3.63) is 33.9 Å². The molecule has 6 heteroatoms. The summed E-state index contributed by atoms with van der Waals surface area (Å²) >= 11 is 0. The van der Waals surface area contributed by atoms with E-state index in [4.69, 9.17) is 4.74 Å². The Bertz CT molecular complexity index is 496. The topological polar surface area (TPSA) is 78.7 Å². The molecule has 0 aliphatic carbocycles. The maximum absolute atomic E-state index is 11.5. The summed E-state index contributed by atoms with van der Waals surface area (Å²) in [5.74, 6) is -0.273. The number of benzene rings is 1. The van der Waals surface area contributed by atoms with Crippen LogP contribution in [0.5, 0.6) is 5.75 Å². The Morgan fingerprint density at radius 2 is 2.05 bits per heavy atom. The number of esters is 1. The molecule has 0 spiro atoms. The Hall–Kier alpha value is -2.11. The summed E-state index contributed by atoms with van der Waals surface area (Å²) in [5.41, 5.74) is -0.437. The van der Waals surface area contributed by atoms with Gasteiger partial charge in [-0.25, -0.2) is 0 Å². The summed E-state index contributed by atoms with van der Waals surface area (Å²) < 4.78 is 10.1. The number of para-hydroxylation sites is 1. The van der Waals surface area contributed by atoms with Crippen LogP contribution in [0.3, 0.4) is 0 Å². The molecule has 1 rings (SSSR count). The lowest BCUT2D eigenvalue weighted by Crippen LogP contribution is -2.32. The first kappa shape index (κ1) is 14.9. The molecule has 1 aromatic carbocycles. The lowest BCUT2D eigenvalue weighted by atomic mass is 9.95. The van der Waals surface area contributed by atoms with Crippen LogP contribution < -0.4 is 4.74 Å². The predicted molar refractivity (Wildman–Crippen MR) is 69.1 cm³/mol. The molecule has 1 aromatic rings. The van der Waals surface area contributed by atoms with Crippen LogP contribution in [-0.4, -0.2) is 24.6 Å². The number of carbonyl (C=O) groups excluding carboxylic acids is 1. The number of aryl methyl sites for hydroxylation is 1. The van der Waals surface area contributed by atoms with E-state index in [2.05, 4.69) is 4.74 Å². The number of nitro groups is 1. The smallest absolute Gasteiger partial charge is 0.314 e. The Balaban J connectivity index is 2.93. The number of nitro benzene ring substituents is 1. The highest BCUT2D eigenvalue weighted by molar-refractivity contribution is 5.76. The molecule has 0 aliphatic heterocycles. The van der Waals surface area contributed by atoms with Crippen molar-refractivity contribution in [2.45, 2.75) is 20.8 Å². The Kier molecular flexibility index (Phi) is 4.47. The number of methoxy groups -OCH3 is 1. The van der Waals surface area contributed by atoms with Crippen LogP contribution in [0.25, 0.3) is 0 Å². The van der Waals surface area contributed by atoms with Crippen molar-refractivity contribution in [3.8, 4) is 5.75 Å². The van der Waals surface area contributed by atoms with E-state index in [1.165, 1.54) is 13.2 Å². The van der Waals surface area contributed by atoms with E-state index in [0.29, 0.717) is 5.56 Å². The molecule has 0 atom stereocenters. The average Bonchev–Trinajstić information content (AvgIpc) is 2.34. The lowest BCUT2D eigenvalue weighted by Gasteiger charge is -2.21. The molecule has 0 saturated heterocycles. The van der Waals surface area contributed by atoms with Gasteiger partial charge in [-0.15, -0.1) is 0 Å². The minimum atomic E-state index is -0.869. The van der Waals surface area contributed by atoms with Gasteiger partial charge in [0.25, 0.3) is 0 Å². The molecular formula is C13H17NO5. The first-order valence-electron chi connectivity index (χ1n) is 5.75. The van der Waals surface area contributed by atoms with Gasteiger partial charge in [-0.3, -0.25) is 14.9 Å². The van der Waals surface area contributed by atoms with E-state index < -0.39 is 16.3 Å². The maximum Gasteiger partial charge on any atom is 0.314 e. The third kappa shape index (κ3) is 3.43. The average molecular weight is 267 g/mol. The van der Waals surface area contributed by atoms with Crippen LogP contribution in [0.2, 0.25) is 0 Å². The first-order chi connectivity index (χ1) is 8.79. The summed E-state index contributed by atoms with van der Waals surface area (Å²) in [6, 6.07) is 4.82. The van der Waals surface area contributed by atoms with Gasteiger partial charge in [0.05, 0.1) is 17.4 Å². The van der Waals surface area contributed by atoms with Crippen LogP contribution >= 0.6 is 0 Å². The number of ether oxygens (including phenoxy) is 2. The minimum Gasteiger partial charge on any atom is -0.486 e. The standard InChI is InChI=1S/C13H17NO5/c1-9-6-5-7-10(11(9)14(16)17)19-8-13(2,3)12(15)18-4/h5-7H,8H2,1-4H3. The SMILES string of the molecule is COC(=O)C(C)(C)COc1cccc(C)c1[N+](=O)[O-]. The molecule has 19 heavy (non-hydrogen) atoms. The third-order valence-electron chi connectivity index (χ3n) is 2.71. The minimum absolute atomic E-state index is 0.00394. The van der Waals surface area contributed by atoms with Gasteiger partial charge in [0, 0.05) is 5.56 Å². The van der Waals surface area contributed by atoms with E-state index in [9.17, 15) is 14.9 Å². The van der Waals surface area contributed by atoms with E-state index in [0.717, 1.165) is 0 Å². The van der Waals surface area contributed by atoms with Crippen molar-refractivity contribution in [2.24, 2.45) is 5.41 Å². The van der Waals surface area contributed by atoms with Crippen molar-refractivity contribution in [1.82, 2.24) is 0 Å². The second-order valence-electron chi connectivity index (χ2n) is 4.84. The maximum atomic E-state index is 11.5. The molecule has 0 N–H and O–H groups in total. The predicted octanol–water partition coefficient (Wildman–Crippen LogP) is 2.48. The van der Waals surface area contributed by atoms with Crippen LogP contribution in [0.15, 0.2) is 18.2 Å². The van der Waals surface area contributed by atoms with Gasteiger partial charge in [0.2, 0.25) is 0 Å². The fraction of sp³-hybridized carbons (Fsp3) is 0.462. The van der Waals surface area contributed by atoms with Crippen molar-refractivity contribution in [2.75, 3.05) is 13.7 Å². The number of hydrogen-bond donors (Lipinski definition) is 0. The Labute approximate surface area is 111 Å². The molecular weight excluding hydrogens is 250 g/mol. The van der Waals surface area contributed by atoms with Crippen LogP contribution in [0.1, 0.15) is 19.4 Å². The molecule has 0 aliphatic rings. The monoisotopic (exact) mass is 267 g/mol. The van der Waals surface area contributed by atoms with Crippen LogP contribution in [-0.2, 0) is 9.53 Å². The van der Waals surface area contributed by atoms with Gasteiger partial charge >= 0.3 is 11.7 Å². The van der Waals surface area contributed by atoms with E-state index >= 15 is 0 Å². The molecule has 104 valence electrons. The Morgan fingerprint density at radius 1 is 1.42 bits per heavy atom. The van der Waals surface area contributed by atoms with Gasteiger partial charge in [-0.05, 0) is 26.8 Å². The quantitative estimate of drug-likeness (QED) is 0.465. The molecule has 6 nitrogen and oxygen atoms in total. The highest BCUT2D eigenvalue weighted by Crippen LogP contribution is 2.31. The fourth-order valence-corrected chi connectivity index (χ4v) is 1.58. The highest BCUT2D eigenvalue weighted by Gasteiger charge is 2.31. The zero-order valence-electron chi connectivity index (χ0n) is 11.4. The summed E-state index contributed by atoms with van der Waals surface area (Å²) in [6.07, 6.45) is 0. The Morgan fingerprint density at radius 3 is 2.58 bits per heavy atom. The normalized spacial score (nSPS) is 10.9.